The van der Waals surface area contributed by atoms with E-state index in [0.717, 1.165) is 5.92 Å². The van der Waals surface area contributed by atoms with Gasteiger partial charge in [-0.15, -0.1) is 0 Å². The average molecular weight is 231 g/mol. The molecule has 1 N–H and O–H groups in total. The van der Waals surface area contributed by atoms with Gasteiger partial charge >= 0.3 is 0 Å². The lowest BCUT2D eigenvalue weighted by Crippen LogP contribution is -2.36. The molecule has 1 saturated heterocycles. The van der Waals surface area contributed by atoms with Gasteiger partial charge in [-0.1, -0.05) is 45.0 Å². The third-order valence-electron chi connectivity index (χ3n) is 3.97. The summed E-state index contributed by atoms with van der Waals surface area (Å²) in [6, 6.07) is 9.21. The van der Waals surface area contributed by atoms with E-state index in [1.54, 1.807) is 0 Å². The molecule has 94 valence electrons. The highest BCUT2D eigenvalue weighted by molar-refractivity contribution is 5.30. The Hall–Kier alpha value is -0.820. The number of nitrogens with one attached hydrogen (secondary N) is 1. The maximum absolute atomic E-state index is 3.72. The van der Waals surface area contributed by atoms with Crippen molar-refractivity contribution >= 4 is 0 Å². The predicted octanol–water partition coefficient (Wildman–Crippen LogP) is 3.87. The van der Waals surface area contributed by atoms with Crippen molar-refractivity contribution in [2.24, 2.45) is 5.92 Å². The van der Waals surface area contributed by atoms with Crippen LogP contribution in [-0.2, 0) is 12.0 Å². The average Bonchev–Trinajstić information content (AvgIpc) is 2.78. The Morgan fingerprint density at radius 3 is 2.76 bits per heavy atom. The van der Waals surface area contributed by atoms with E-state index in [0.29, 0.717) is 0 Å². The van der Waals surface area contributed by atoms with Gasteiger partial charge in [0.1, 0.15) is 0 Å². The molecule has 1 unspecified atom stereocenters. The number of benzene rings is 1. The lowest BCUT2D eigenvalue weighted by molar-refractivity contribution is 0.375. The molecule has 0 radical (unpaired) electrons. The van der Waals surface area contributed by atoms with Crippen LogP contribution in [0.1, 0.15) is 51.2 Å². The molecule has 1 atom stereocenters. The molecule has 17 heavy (non-hydrogen) atoms. The predicted molar refractivity (Wildman–Crippen MR) is 74.2 cm³/mol. The second-order valence-electron chi connectivity index (χ2n) is 5.76. The molecular formula is C16H25N. The van der Waals surface area contributed by atoms with Crippen molar-refractivity contribution in [1.29, 1.82) is 0 Å². The quantitative estimate of drug-likeness (QED) is 0.829. The number of hydrogen-bond acceptors (Lipinski definition) is 1. The molecule has 1 aliphatic heterocycles. The molecule has 1 aliphatic rings. The van der Waals surface area contributed by atoms with Crippen LogP contribution in [0.3, 0.4) is 0 Å². The van der Waals surface area contributed by atoms with E-state index in [9.17, 15) is 0 Å². The first-order valence-corrected chi connectivity index (χ1v) is 7.01. The standard InChI is InChI=1S/C16H25N/c1-4-16(9-6-10-17-16)15-8-5-7-14(12-15)11-13(2)3/h5,7-8,12-13,17H,4,6,9-11H2,1-3H3. The zero-order valence-corrected chi connectivity index (χ0v) is 11.4. The summed E-state index contributed by atoms with van der Waals surface area (Å²) in [5.41, 5.74) is 3.24. The fourth-order valence-electron chi connectivity index (χ4n) is 3.03. The van der Waals surface area contributed by atoms with Gasteiger partial charge in [0.25, 0.3) is 0 Å². The van der Waals surface area contributed by atoms with Crippen LogP contribution in [0.2, 0.25) is 0 Å². The van der Waals surface area contributed by atoms with Crippen molar-refractivity contribution in [2.45, 2.75) is 52.0 Å². The lowest BCUT2D eigenvalue weighted by Gasteiger charge is -2.29. The second-order valence-corrected chi connectivity index (χ2v) is 5.76. The number of rotatable bonds is 4. The molecule has 1 heteroatoms. The SMILES string of the molecule is CCC1(c2cccc(CC(C)C)c2)CCCN1. The molecule has 1 fully saturated rings. The van der Waals surface area contributed by atoms with E-state index in [1.807, 2.05) is 0 Å². The summed E-state index contributed by atoms with van der Waals surface area (Å²) in [7, 11) is 0. The molecule has 1 aromatic carbocycles. The summed E-state index contributed by atoms with van der Waals surface area (Å²) in [5.74, 6) is 0.736. The van der Waals surface area contributed by atoms with Crippen LogP contribution in [0.5, 0.6) is 0 Å². The van der Waals surface area contributed by atoms with Crippen LogP contribution in [0.15, 0.2) is 24.3 Å². The molecule has 0 aliphatic carbocycles. The van der Waals surface area contributed by atoms with E-state index >= 15 is 0 Å². The minimum atomic E-state index is 0.257. The highest BCUT2D eigenvalue weighted by Crippen LogP contribution is 2.34. The van der Waals surface area contributed by atoms with E-state index in [-0.39, 0.29) is 5.54 Å². The molecule has 0 amide bonds. The Morgan fingerprint density at radius 1 is 1.35 bits per heavy atom. The largest absolute Gasteiger partial charge is 0.307 e. The van der Waals surface area contributed by atoms with E-state index in [1.165, 1.54) is 43.4 Å². The molecule has 0 aromatic heterocycles. The first-order valence-electron chi connectivity index (χ1n) is 7.01. The van der Waals surface area contributed by atoms with Gasteiger partial charge in [0.2, 0.25) is 0 Å². The van der Waals surface area contributed by atoms with Crippen molar-refractivity contribution in [3.8, 4) is 0 Å². The second kappa shape index (κ2) is 5.22. The zero-order valence-electron chi connectivity index (χ0n) is 11.4. The Balaban J connectivity index is 2.25. The third kappa shape index (κ3) is 2.71. The Bertz CT molecular complexity index is 362. The third-order valence-corrected chi connectivity index (χ3v) is 3.97. The Morgan fingerprint density at radius 2 is 2.18 bits per heavy atom. The van der Waals surface area contributed by atoms with E-state index in [4.69, 9.17) is 0 Å². The maximum Gasteiger partial charge on any atom is 0.0432 e. The molecule has 0 spiro atoms. The summed E-state index contributed by atoms with van der Waals surface area (Å²) in [4.78, 5) is 0. The summed E-state index contributed by atoms with van der Waals surface area (Å²) in [6.45, 7) is 8.04. The molecule has 0 saturated carbocycles. The minimum absolute atomic E-state index is 0.257. The smallest absolute Gasteiger partial charge is 0.0432 e. The van der Waals surface area contributed by atoms with Gasteiger partial charge < -0.3 is 5.32 Å². The van der Waals surface area contributed by atoms with Gasteiger partial charge in [0, 0.05) is 5.54 Å². The van der Waals surface area contributed by atoms with Gasteiger partial charge in [-0.05, 0) is 49.3 Å². The zero-order chi connectivity index (χ0) is 12.3. The number of hydrogen-bond donors (Lipinski definition) is 1. The summed E-state index contributed by atoms with van der Waals surface area (Å²) in [5, 5.41) is 3.72. The van der Waals surface area contributed by atoms with Crippen molar-refractivity contribution < 1.29 is 0 Å². The Kier molecular flexibility index (Phi) is 3.88. The first kappa shape index (κ1) is 12.6. The fourth-order valence-corrected chi connectivity index (χ4v) is 3.03. The topological polar surface area (TPSA) is 12.0 Å². The van der Waals surface area contributed by atoms with Gasteiger partial charge in [-0.3, -0.25) is 0 Å². The van der Waals surface area contributed by atoms with Crippen molar-refractivity contribution in [3.63, 3.8) is 0 Å². The maximum atomic E-state index is 3.72. The van der Waals surface area contributed by atoms with Gasteiger partial charge in [0.15, 0.2) is 0 Å². The molecule has 0 bridgehead atoms. The molecule has 1 aromatic rings. The fraction of sp³-hybridized carbons (Fsp3) is 0.625. The van der Waals surface area contributed by atoms with Crippen LogP contribution in [-0.4, -0.2) is 6.54 Å². The van der Waals surface area contributed by atoms with Crippen molar-refractivity contribution in [1.82, 2.24) is 5.32 Å². The van der Waals surface area contributed by atoms with Gasteiger partial charge in [-0.2, -0.15) is 0 Å². The molecular weight excluding hydrogens is 206 g/mol. The lowest BCUT2D eigenvalue weighted by atomic mass is 9.84. The highest BCUT2D eigenvalue weighted by atomic mass is 15.0. The van der Waals surface area contributed by atoms with Crippen LogP contribution in [0.25, 0.3) is 0 Å². The summed E-state index contributed by atoms with van der Waals surface area (Å²) in [6.07, 6.45) is 4.97. The van der Waals surface area contributed by atoms with Crippen LogP contribution >= 0.6 is 0 Å². The molecule has 2 rings (SSSR count). The van der Waals surface area contributed by atoms with Crippen molar-refractivity contribution in [3.05, 3.63) is 35.4 Å². The summed E-state index contributed by atoms with van der Waals surface area (Å²) < 4.78 is 0. The van der Waals surface area contributed by atoms with Crippen LogP contribution < -0.4 is 5.32 Å². The van der Waals surface area contributed by atoms with E-state index in [2.05, 4.69) is 50.4 Å². The van der Waals surface area contributed by atoms with Gasteiger partial charge in [-0.25, -0.2) is 0 Å². The highest BCUT2D eigenvalue weighted by Gasteiger charge is 2.33. The van der Waals surface area contributed by atoms with Crippen LogP contribution in [0.4, 0.5) is 0 Å². The van der Waals surface area contributed by atoms with Gasteiger partial charge in [0.05, 0.1) is 0 Å². The minimum Gasteiger partial charge on any atom is -0.307 e. The summed E-state index contributed by atoms with van der Waals surface area (Å²) >= 11 is 0. The van der Waals surface area contributed by atoms with E-state index < -0.39 is 0 Å². The molecule has 1 heterocycles. The normalized spacial score (nSPS) is 24.5. The monoisotopic (exact) mass is 231 g/mol. The Labute approximate surface area is 106 Å². The van der Waals surface area contributed by atoms with Crippen LogP contribution in [0, 0.1) is 5.92 Å². The van der Waals surface area contributed by atoms with Crippen molar-refractivity contribution in [2.75, 3.05) is 6.54 Å². The first-order chi connectivity index (χ1) is 8.16. The molecule has 1 nitrogen and oxygen atoms in total.